The second-order valence-corrected chi connectivity index (χ2v) is 7.86. The molecule has 0 aliphatic carbocycles. The minimum absolute atomic E-state index is 1.26. The molecule has 1 heterocycles. The van der Waals surface area contributed by atoms with E-state index in [9.17, 15) is 0 Å². The largest absolute Gasteiger partial charge is 0.140 e. The zero-order chi connectivity index (χ0) is 17.5. The van der Waals surface area contributed by atoms with Crippen LogP contribution in [0.15, 0.2) is 91.0 Å². The number of rotatable bonds is 2. The fourth-order valence-electron chi connectivity index (χ4n) is 3.91. The van der Waals surface area contributed by atoms with Gasteiger partial charge in [0.1, 0.15) is 0 Å². The van der Waals surface area contributed by atoms with Crippen molar-refractivity contribution in [3.8, 4) is 0 Å². The minimum Gasteiger partial charge on any atom is -0.140 e. The standard InChI is InChI=1S/C25H18S/c1-17-23-21(16-15-20-13-8-14-22(26-17)25(20)23)24(18-9-4-2-5-10-18)19-11-6-3-7-12-19/h2-16H,1H3. The van der Waals surface area contributed by atoms with Crippen molar-refractivity contribution in [3.63, 3.8) is 0 Å². The lowest BCUT2D eigenvalue weighted by Gasteiger charge is -2.11. The highest BCUT2D eigenvalue weighted by molar-refractivity contribution is 7.20. The molecule has 0 amide bonds. The van der Waals surface area contributed by atoms with Crippen LogP contribution in [0.3, 0.4) is 0 Å². The lowest BCUT2D eigenvalue weighted by atomic mass is 9.92. The third-order valence-corrected chi connectivity index (χ3v) is 6.09. The first-order valence-corrected chi connectivity index (χ1v) is 9.70. The van der Waals surface area contributed by atoms with Crippen molar-refractivity contribution in [1.29, 1.82) is 0 Å². The summed E-state index contributed by atoms with van der Waals surface area (Å²) < 4.78 is 1.37. The molecular formula is C25H18S. The maximum absolute atomic E-state index is 2.30. The molecule has 5 rings (SSSR count). The van der Waals surface area contributed by atoms with Gasteiger partial charge in [0.05, 0.1) is 0 Å². The topological polar surface area (TPSA) is 0 Å². The summed E-state index contributed by atoms with van der Waals surface area (Å²) in [5.74, 6) is 0. The second-order valence-electron chi connectivity index (χ2n) is 6.61. The molecule has 0 saturated heterocycles. The van der Waals surface area contributed by atoms with Gasteiger partial charge in [-0.15, -0.1) is 11.3 Å². The third-order valence-electron chi connectivity index (χ3n) is 5.02. The summed E-state index contributed by atoms with van der Waals surface area (Å²) in [6.07, 6.45) is 0. The number of hydrogen-bond acceptors (Lipinski definition) is 1. The Morgan fingerprint density at radius 3 is 1.92 bits per heavy atom. The Morgan fingerprint density at radius 2 is 1.27 bits per heavy atom. The van der Waals surface area contributed by atoms with Crippen LogP contribution in [0.1, 0.15) is 16.0 Å². The van der Waals surface area contributed by atoms with Gasteiger partial charge in [0.15, 0.2) is 0 Å². The fourth-order valence-corrected chi connectivity index (χ4v) is 5.02. The van der Waals surface area contributed by atoms with Gasteiger partial charge in [-0.25, -0.2) is 0 Å². The van der Waals surface area contributed by atoms with Crippen LogP contribution in [0.25, 0.3) is 26.4 Å². The summed E-state index contributed by atoms with van der Waals surface area (Å²) in [5, 5.41) is 5.44. The summed E-state index contributed by atoms with van der Waals surface area (Å²) in [6, 6.07) is 32.7. The van der Waals surface area contributed by atoms with Gasteiger partial charge in [-0.3, -0.25) is 0 Å². The van der Waals surface area contributed by atoms with E-state index in [0.717, 1.165) is 0 Å². The SMILES string of the molecule is Cc1sc2cccc3ccc(=C(c4ccccc4)c4ccccc4)c1c32. The van der Waals surface area contributed by atoms with E-state index in [4.69, 9.17) is 0 Å². The highest BCUT2D eigenvalue weighted by atomic mass is 32.1. The Kier molecular flexibility index (Phi) is 3.62. The quantitative estimate of drug-likeness (QED) is 0.349. The van der Waals surface area contributed by atoms with E-state index in [-0.39, 0.29) is 0 Å². The average Bonchev–Trinajstić information content (AvgIpc) is 3.03. The lowest BCUT2D eigenvalue weighted by Crippen LogP contribution is -2.10. The normalized spacial score (nSPS) is 11.3. The van der Waals surface area contributed by atoms with Crippen LogP contribution in [0, 0.1) is 6.92 Å². The van der Waals surface area contributed by atoms with Gasteiger partial charge in [-0.2, -0.15) is 0 Å². The van der Waals surface area contributed by atoms with Crippen molar-refractivity contribution in [3.05, 3.63) is 112 Å². The monoisotopic (exact) mass is 350 g/mol. The zero-order valence-corrected chi connectivity index (χ0v) is 15.4. The van der Waals surface area contributed by atoms with Crippen molar-refractivity contribution in [1.82, 2.24) is 0 Å². The van der Waals surface area contributed by atoms with Gasteiger partial charge >= 0.3 is 0 Å². The van der Waals surface area contributed by atoms with Crippen molar-refractivity contribution in [2.75, 3.05) is 0 Å². The van der Waals surface area contributed by atoms with Gasteiger partial charge in [0.25, 0.3) is 0 Å². The summed E-state index contributed by atoms with van der Waals surface area (Å²) in [5.41, 5.74) is 3.83. The molecule has 5 aromatic rings. The second kappa shape index (κ2) is 6.12. The molecule has 0 fully saturated rings. The molecule has 26 heavy (non-hydrogen) atoms. The highest BCUT2D eigenvalue weighted by Crippen LogP contribution is 2.34. The van der Waals surface area contributed by atoms with Crippen LogP contribution >= 0.6 is 11.3 Å². The maximum Gasteiger partial charge on any atom is 0.0358 e. The molecule has 0 saturated carbocycles. The van der Waals surface area contributed by atoms with Crippen LogP contribution in [0.5, 0.6) is 0 Å². The third kappa shape index (κ3) is 2.36. The number of benzene rings is 4. The molecule has 4 aromatic carbocycles. The van der Waals surface area contributed by atoms with Crippen molar-refractivity contribution in [2.24, 2.45) is 0 Å². The number of thiophene rings is 1. The zero-order valence-electron chi connectivity index (χ0n) is 14.6. The summed E-state index contributed by atoms with van der Waals surface area (Å²) >= 11 is 1.89. The molecule has 1 heteroatoms. The maximum atomic E-state index is 2.30. The molecular weight excluding hydrogens is 332 g/mol. The molecule has 0 N–H and O–H groups in total. The molecule has 124 valence electrons. The molecule has 0 nitrogen and oxygen atoms in total. The summed E-state index contributed by atoms with van der Waals surface area (Å²) in [6.45, 7) is 2.25. The van der Waals surface area contributed by atoms with Gasteiger partial charge < -0.3 is 0 Å². The first-order valence-electron chi connectivity index (χ1n) is 8.88. The molecule has 0 spiro atoms. The molecule has 0 bridgehead atoms. The smallest absolute Gasteiger partial charge is 0.0358 e. The van der Waals surface area contributed by atoms with Crippen molar-refractivity contribution >= 4 is 37.8 Å². The lowest BCUT2D eigenvalue weighted by molar-refractivity contribution is 1.51. The summed E-state index contributed by atoms with van der Waals surface area (Å²) in [7, 11) is 0. The molecule has 1 aromatic heterocycles. The molecule has 0 atom stereocenters. The highest BCUT2D eigenvalue weighted by Gasteiger charge is 2.13. The summed E-state index contributed by atoms with van der Waals surface area (Å²) in [4.78, 5) is 1.39. The van der Waals surface area contributed by atoms with Crippen LogP contribution < -0.4 is 5.22 Å². The molecule has 0 unspecified atom stereocenters. The fraction of sp³-hybridized carbons (Fsp3) is 0.0400. The molecule has 0 radical (unpaired) electrons. The van der Waals surface area contributed by atoms with E-state index in [1.54, 1.807) is 0 Å². The first-order chi connectivity index (χ1) is 12.8. The van der Waals surface area contributed by atoms with Crippen molar-refractivity contribution in [2.45, 2.75) is 6.92 Å². The van der Waals surface area contributed by atoms with E-state index in [2.05, 4.69) is 97.9 Å². The molecule has 0 aliphatic heterocycles. The van der Waals surface area contributed by atoms with Gasteiger partial charge in [0.2, 0.25) is 0 Å². The van der Waals surface area contributed by atoms with Crippen LogP contribution in [0.2, 0.25) is 0 Å². The Morgan fingerprint density at radius 1 is 0.615 bits per heavy atom. The van der Waals surface area contributed by atoms with E-state index in [0.29, 0.717) is 0 Å². The number of aryl methyl sites for hydroxylation is 1. The number of hydrogen-bond donors (Lipinski definition) is 0. The van der Waals surface area contributed by atoms with Gasteiger partial charge in [-0.05, 0) is 40.3 Å². The predicted molar refractivity (Wildman–Crippen MR) is 114 cm³/mol. The van der Waals surface area contributed by atoms with Crippen molar-refractivity contribution < 1.29 is 0 Å². The molecule has 0 aliphatic rings. The Hall–Kier alpha value is -2.90. The average molecular weight is 350 g/mol. The van der Waals surface area contributed by atoms with Gasteiger partial charge in [0, 0.05) is 20.3 Å². The minimum atomic E-state index is 1.26. The van der Waals surface area contributed by atoms with Crippen LogP contribution in [-0.4, -0.2) is 0 Å². The van der Waals surface area contributed by atoms with Crippen LogP contribution in [-0.2, 0) is 0 Å². The predicted octanol–water partition coefficient (Wildman–Crippen LogP) is 6.33. The Balaban J connectivity index is 2.02. The Labute approximate surface area is 157 Å². The van der Waals surface area contributed by atoms with E-state index < -0.39 is 0 Å². The first kappa shape index (κ1) is 15.4. The van der Waals surface area contributed by atoms with E-state index in [1.807, 2.05) is 11.3 Å². The Bertz CT molecular complexity index is 1220. The van der Waals surface area contributed by atoms with E-state index in [1.165, 1.54) is 47.7 Å². The van der Waals surface area contributed by atoms with Gasteiger partial charge in [-0.1, -0.05) is 84.9 Å². The van der Waals surface area contributed by atoms with Crippen LogP contribution in [0.4, 0.5) is 0 Å². The van der Waals surface area contributed by atoms with E-state index >= 15 is 0 Å².